The lowest BCUT2D eigenvalue weighted by Gasteiger charge is -2.26. The fourth-order valence-corrected chi connectivity index (χ4v) is 1.06. The molecule has 15 heavy (non-hydrogen) atoms. The van der Waals surface area contributed by atoms with Gasteiger partial charge in [0, 0.05) is 6.61 Å². The SMILES string of the molecule is C=C(C)C(=O)C(C)(N)OCCC(C)(C)C. The molecule has 0 aromatic rings. The monoisotopic (exact) mass is 213 g/mol. The quantitative estimate of drug-likeness (QED) is 0.563. The average Bonchev–Trinajstić information content (AvgIpc) is 1.99. The summed E-state index contributed by atoms with van der Waals surface area (Å²) in [5.74, 6) is -0.239. The summed E-state index contributed by atoms with van der Waals surface area (Å²) in [4.78, 5) is 11.6. The van der Waals surface area contributed by atoms with Crippen molar-refractivity contribution in [3.8, 4) is 0 Å². The van der Waals surface area contributed by atoms with Crippen LogP contribution in [0.5, 0.6) is 0 Å². The van der Waals surface area contributed by atoms with E-state index in [-0.39, 0.29) is 11.2 Å². The third kappa shape index (κ3) is 5.70. The number of rotatable bonds is 5. The highest BCUT2D eigenvalue weighted by molar-refractivity contribution is 6.00. The van der Waals surface area contributed by atoms with Crippen molar-refractivity contribution in [1.82, 2.24) is 0 Å². The third-order valence-electron chi connectivity index (χ3n) is 2.09. The fraction of sp³-hybridized carbons (Fsp3) is 0.750. The Balaban J connectivity index is 4.17. The summed E-state index contributed by atoms with van der Waals surface area (Å²) in [6.45, 7) is 13.6. The van der Waals surface area contributed by atoms with Gasteiger partial charge in [-0.15, -0.1) is 0 Å². The van der Waals surface area contributed by atoms with Crippen LogP contribution < -0.4 is 5.73 Å². The smallest absolute Gasteiger partial charge is 0.204 e. The predicted molar refractivity (Wildman–Crippen MR) is 62.4 cm³/mol. The molecule has 0 heterocycles. The van der Waals surface area contributed by atoms with Gasteiger partial charge in [0.1, 0.15) is 0 Å². The molecule has 0 saturated carbocycles. The van der Waals surface area contributed by atoms with E-state index in [1.54, 1.807) is 13.8 Å². The van der Waals surface area contributed by atoms with Crippen molar-refractivity contribution < 1.29 is 9.53 Å². The van der Waals surface area contributed by atoms with Crippen LogP contribution in [0.2, 0.25) is 0 Å². The maximum Gasteiger partial charge on any atom is 0.204 e. The van der Waals surface area contributed by atoms with Gasteiger partial charge in [-0.3, -0.25) is 10.5 Å². The summed E-state index contributed by atoms with van der Waals surface area (Å²) in [5.41, 5.74) is 5.13. The summed E-state index contributed by atoms with van der Waals surface area (Å²) < 4.78 is 5.40. The summed E-state index contributed by atoms with van der Waals surface area (Å²) in [6.07, 6.45) is 0.864. The van der Waals surface area contributed by atoms with Crippen LogP contribution in [0.15, 0.2) is 12.2 Å². The van der Waals surface area contributed by atoms with E-state index in [2.05, 4.69) is 27.4 Å². The van der Waals surface area contributed by atoms with Gasteiger partial charge in [0.05, 0.1) is 0 Å². The number of ether oxygens (including phenoxy) is 1. The van der Waals surface area contributed by atoms with Crippen LogP contribution in [0.4, 0.5) is 0 Å². The average molecular weight is 213 g/mol. The second-order valence-corrected chi connectivity index (χ2v) is 5.38. The van der Waals surface area contributed by atoms with E-state index >= 15 is 0 Å². The molecule has 0 aromatic heterocycles. The van der Waals surface area contributed by atoms with Gasteiger partial charge in [-0.25, -0.2) is 0 Å². The van der Waals surface area contributed by atoms with Crippen LogP contribution in [0.25, 0.3) is 0 Å². The third-order valence-corrected chi connectivity index (χ3v) is 2.09. The highest BCUT2D eigenvalue weighted by Gasteiger charge is 2.29. The molecule has 0 radical (unpaired) electrons. The molecule has 3 heteroatoms. The molecule has 0 bridgehead atoms. The Morgan fingerprint density at radius 1 is 1.33 bits per heavy atom. The highest BCUT2D eigenvalue weighted by atomic mass is 16.5. The lowest BCUT2D eigenvalue weighted by atomic mass is 9.93. The lowest BCUT2D eigenvalue weighted by Crippen LogP contribution is -2.48. The molecular formula is C12H23NO2. The van der Waals surface area contributed by atoms with Crippen molar-refractivity contribution in [2.75, 3.05) is 6.61 Å². The van der Waals surface area contributed by atoms with E-state index in [0.29, 0.717) is 12.2 Å². The van der Waals surface area contributed by atoms with Crippen molar-refractivity contribution in [1.29, 1.82) is 0 Å². The summed E-state index contributed by atoms with van der Waals surface area (Å²) in [7, 11) is 0. The van der Waals surface area contributed by atoms with E-state index < -0.39 is 5.72 Å². The van der Waals surface area contributed by atoms with E-state index in [1.807, 2.05) is 0 Å². The van der Waals surface area contributed by atoms with Crippen LogP contribution in [-0.4, -0.2) is 18.1 Å². The minimum atomic E-state index is -1.24. The molecule has 0 aliphatic rings. The molecule has 0 rings (SSSR count). The highest BCUT2D eigenvalue weighted by Crippen LogP contribution is 2.19. The summed E-state index contributed by atoms with van der Waals surface area (Å²) in [6, 6.07) is 0. The Hall–Kier alpha value is -0.670. The van der Waals surface area contributed by atoms with Gasteiger partial charge in [0.25, 0.3) is 0 Å². The lowest BCUT2D eigenvalue weighted by molar-refractivity contribution is -0.138. The molecular weight excluding hydrogens is 190 g/mol. The molecule has 3 nitrogen and oxygen atoms in total. The zero-order valence-corrected chi connectivity index (χ0v) is 10.5. The second-order valence-electron chi connectivity index (χ2n) is 5.38. The normalized spacial score (nSPS) is 15.9. The van der Waals surface area contributed by atoms with Crippen LogP contribution >= 0.6 is 0 Å². The van der Waals surface area contributed by atoms with Crippen LogP contribution in [0, 0.1) is 5.41 Å². The van der Waals surface area contributed by atoms with Gasteiger partial charge in [0.2, 0.25) is 5.78 Å². The van der Waals surface area contributed by atoms with Crippen molar-refractivity contribution >= 4 is 5.78 Å². The number of ketones is 1. The zero-order chi connectivity index (χ0) is 12.3. The molecule has 0 saturated heterocycles. The Labute approximate surface area is 92.7 Å². The molecule has 2 N–H and O–H groups in total. The van der Waals surface area contributed by atoms with E-state index in [0.717, 1.165) is 6.42 Å². The maximum atomic E-state index is 11.6. The minimum absolute atomic E-state index is 0.183. The molecule has 1 atom stereocenters. The van der Waals surface area contributed by atoms with Crippen LogP contribution in [-0.2, 0) is 9.53 Å². The van der Waals surface area contributed by atoms with Gasteiger partial charge in [-0.1, -0.05) is 27.4 Å². The van der Waals surface area contributed by atoms with E-state index in [4.69, 9.17) is 10.5 Å². The predicted octanol–water partition coefficient (Wildman–Crippen LogP) is 2.26. The van der Waals surface area contributed by atoms with Crippen LogP contribution in [0.3, 0.4) is 0 Å². The van der Waals surface area contributed by atoms with E-state index in [1.165, 1.54) is 0 Å². The molecule has 88 valence electrons. The first-order valence-corrected chi connectivity index (χ1v) is 5.19. The Morgan fingerprint density at radius 3 is 2.13 bits per heavy atom. The Morgan fingerprint density at radius 2 is 1.80 bits per heavy atom. The molecule has 0 spiro atoms. The van der Waals surface area contributed by atoms with Crippen molar-refractivity contribution in [2.24, 2.45) is 11.1 Å². The number of carbonyl (C=O) groups is 1. The number of hydrogen-bond acceptors (Lipinski definition) is 3. The maximum absolute atomic E-state index is 11.6. The van der Waals surface area contributed by atoms with Crippen molar-refractivity contribution in [3.63, 3.8) is 0 Å². The summed E-state index contributed by atoms with van der Waals surface area (Å²) in [5, 5.41) is 0. The number of Topliss-reactive ketones (excluding diaryl/α,β-unsaturated/α-hetero) is 1. The molecule has 0 amide bonds. The van der Waals surface area contributed by atoms with Crippen molar-refractivity contribution in [3.05, 3.63) is 12.2 Å². The fourth-order valence-electron chi connectivity index (χ4n) is 1.06. The molecule has 0 fully saturated rings. The molecule has 0 aliphatic heterocycles. The van der Waals surface area contributed by atoms with E-state index in [9.17, 15) is 4.79 Å². The largest absolute Gasteiger partial charge is 0.353 e. The molecule has 0 aromatic carbocycles. The van der Waals surface area contributed by atoms with Crippen molar-refractivity contribution in [2.45, 2.75) is 46.8 Å². The van der Waals surface area contributed by atoms with Gasteiger partial charge in [0.15, 0.2) is 5.72 Å². The van der Waals surface area contributed by atoms with Gasteiger partial charge < -0.3 is 4.74 Å². The zero-order valence-electron chi connectivity index (χ0n) is 10.5. The molecule has 0 aliphatic carbocycles. The topological polar surface area (TPSA) is 52.3 Å². The first-order valence-electron chi connectivity index (χ1n) is 5.19. The number of nitrogens with two attached hydrogens (primary N) is 1. The standard InChI is InChI=1S/C12H23NO2/c1-9(2)10(14)12(6,13)15-8-7-11(3,4)5/h1,7-8,13H2,2-6H3. The van der Waals surface area contributed by atoms with Gasteiger partial charge in [-0.2, -0.15) is 0 Å². The number of hydrogen-bond donors (Lipinski definition) is 1. The first kappa shape index (κ1) is 14.3. The first-order chi connectivity index (χ1) is 6.56. The molecule has 1 unspecified atom stereocenters. The number of carbonyl (C=O) groups excluding carboxylic acids is 1. The van der Waals surface area contributed by atoms with Gasteiger partial charge >= 0.3 is 0 Å². The van der Waals surface area contributed by atoms with Crippen LogP contribution in [0.1, 0.15) is 41.0 Å². The Kier molecular flexibility index (Phi) is 4.68. The minimum Gasteiger partial charge on any atom is -0.353 e. The second kappa shape index (κ2) is 4.90. The Bertz CT molecular complexity index is 249. The van der Waals surface area contributed by atoms with Gasteiger partial charge in [-0.05, 0) is 31.3 Å². The summed E-state index contributed by atoms with van der Waals surface area (Å²) >= 11 is 0.